The van der Waals surface area contributed by atoms with Crippen LogP contribution in [0.15, 0.2) is 42.7 Å². The van der Waals surface area contributed by atoms with Crippen LogP contribution < -0.4 is 34.1 Å². The van der Waals surface area contributed by atoms with Gasteiger partial charge in [-0.05, 0) is 24.6 Å². The van der Waals surface area contributed by atoms with Gasteiger partial charge in [-0.25, -0.2) is 9.97 Å². The molecule has 2 aromatic heterocycles. The maximum Gasteiger partial charge on any atom is 0.266 e. The van der Waals surface area contributed by atoms with Crippen LogP contribution in [0.3, 0.4) is 0 Å². The largest absolute Gasteiger partial charge is 0.495 e. The molecule has 1 aliphatic rings. The number of para-hydroxylation sites is 2. The van der Waals surface area contributed by atoms with Crippen LogP contribution in [0.1, 0.15) is 15.2 Å². The summed E-state index contributed by atoms with van der Waals surface area (Å²) >= 11 is 1.36. The average Bonchev–Trinajstić information content (AvgIpc) is 3.33. The number of amides is 1. The standard InChI is InChI=1S/C28H31N5O5S/c1-17-23-26(33-12-10-32(11-13-33)19-8-6-7-9-20(19)35-2)29-16-30-28(23)39-25(17)27(34)31-18-14-21(36-3)24(38-5)22(15-18)37-4/h6-9,14-16H,10-13H2,1-5H3,(H,31,34). The predicted octanol–water partition coefficient (Wildman–Crippen LogP) is 4.61. The summed E-state index contributed by atoms with van der Waals surface area (Å²) in [5.41, 5.74) is 2.47. The SMILES string of the molecule is COc1ccccc1N1CCN(c2ncnc3sc(C(=O)Nc4cc(OC)c(OC)c(OC)c4)c(C)c23)CC1. The lowest BCUT2D eigenvalue weighted by Gasteiger charge is -2.37. The molecule has 0 saturated carbocycles. The molecule has 10 nitrogen and oxygen atoms in total. The minimum Gasteiger partial charge on any atom is -0.495 e. The van der Waals surface area contributed by atoms with Crippen molar-refractivity contribution in [2.45, 2.75) is 6.92 Å². The number of rotatable bonds is 8. The summed E-state index contributed by atoms with van der Waals surface area (Å²) in [7, 11) is 6.31. The highest BCUT2D eigenvalue weighted by molar-refractivity contribution is 7.20. The predicted molar refractivity (Wildman–Crippen MR) is 154 cm³/mol. The van der Waals surface area contributed by atoms with Crippen molar-refractivity contribution in [3.05, 3.63) is 53.2 Å². The van der Waals surface area contributed by atoms with E-state index in [0.29, 0.717) is 27.8 Å². The van der Waals surface area contributed by atoms with Crippen LogP contribution in [0.25, 0.3) is 10.2 Å². The molecule has 3 heterocycles. The highest BCUT2D eigenvalue weighted by atomic mass is 32.1. The molecule has 39 heavy (non-hydrogen) atoms. The van der Waals surface area contributed by atoms with Gasteiger partial charge in [0.15, 0.2) is 11.5 Å². The first kappa shape index (κ1) is 26.4. The first-order valence-corrected chi connectivity index (χ1v) is 13.3. The number of aromatic nitrogens is 2. The molecular formula is C28H31N5O5S. The number of carbonyl (C=O) groups excluding carboxylic acids is 1. The van der Waals surface area contributed by atoms with E-state index in [1.54, 1.807) is 25.6 Å². The van der Waals surface area contributed by atoms with Crippen molar-refractivity contribution >= 4 is 44.7 Å². The van der Waals surface area contributed by atoms with Gasteiger partial charge in [-0.2, -0.15) is 0 Å². The van der Waals surface area contributed by atoms with Gasteiger partial charge in [0.1, 0.15) is 22.7 Å². The van der Waals surface area contributed by atoms with Gasteiger partial charge in [0.2, 0.25) is 5.75 Å². The Kier molecular flexibility index (Phi) is 7.60. The first-order valence-electron chi connectivity index (χ1n) is 12.5. The monoisotopic (exact) mass is 549 g/mol. The Labute approximate surface area is 231 Å². The van der Waals surface area contributed by atoms with Crippen LogP contribution in [0.2, 0.25) is 0 Å². The lowest BCUT2D eigenvalue weighted by atomic mass is 10.1. The number of hydrogen-bond acceptors (Lipinski definition) is 10. The van der Waals surface area contributed by atoms with Gasteiger partial charge in [0.25, 0.3) is 5.91 Å². The Morgan fingerprint density at radius 3 is 2.15 bits per heavy atom. The molecule has 2 aromatic carbocycles. The summed E-state index contributed by atoms with van der Waals surface area (Å²) < 4.78 is 21.8. The molecule has 0 atom stereocenters. The van der Waals surface area contributed by atoms with Gasteiger partial charge in [-0.1, -0.05) is 12.1 Å². The lowest BCUT2D eigenvalue weighted by molar-refractivity contribution is 0.103. The Bertz CT molecular complexity index is 1470. The smallest absolute Gasteiger partial charge is 0.266 e. The van der Waals surface area contributed by atoms with E-state index >= 15 is 0 Å². The molecule has 11 heteroatoms. The maximum absolute atomic E-state index is 13.4. The molecule has 0 aliphatic carbocycles. The van der Waals surface area contributed by atoms with Crippen LogP contribution in [0, 0.1) is 6.92 Å². The summed E-state index contributed by atoms with van der Waals surface area (Å²) in [5, 5.41) is 3.88. The zero-order valence-corrected chi connectivity index (χ0v) is 23.4. The summed E-state index contributed by atoms with van der Waals surface area (Å²) in [6, 6.07) is 11.5. The Balaban J connectivity index is 1.39. The van der Waals surface area contributed by atoms with Gasteiger partial charge in [0, 0.05) is 44.0 Å². The Hall–Kier alpha value is -4.25. The molecule has 1 amide bonds. The number of thiophene rings is 1. The van der Waals surface area contributed by atoms with Crippen molar-refractivity contribution in [3.8, 4) is 23.0 Å². The van der Waals surface area contributed by atoms with Gasteiger partial charge >= 0.3 is 0 Å². The van der Waals surface area contributed by atoms with E-state index in [-0.39, 0.29) is 5.91 Å². The third-order valence-corrected chi connectivity index (χ3v) is 8.04. The first-order chi connectivity index (χ1) is 19.0. The lowest BCUT2D eigenvalue weighted by Crippen LogP contribution is -2.47. The number of nitrogens with zero attached hydrogens (tertiary/aromatic N) is 4. The number of carbonyl (C=O) groups is 1. The number of aryl methyl sites for hydroxylation is 1. The van der Waals surface area contributed by atoms with Crippen LogP contribution in [-0.2, 0) is 0 Å². The van der Waals surface area contributed by atoms with E-state index in [2.05, 4.69) is 31.2 Å². The molecule has 5 rings (SSSR count). The van der Waals surface area contributed by atoms with Crippen molar-refractivity contribution in [2.24, 2.45) is 0 Å². The Morgan fingerprint density at radius 2 is 1.51 bits per heavy atom. The third kappa shape index (κ3) is 4.97. The molecule has 0 spiro atoms. The minimum absolute atomic E-state index is 0.239. The normalized spacial score (nSPS) is 13.4. The number of benzene rings is 2. The summed E-state index contributed by atoms with van der Waals surface area (Å²) in [4.78, 5) is 28.5. The third-order valence-electron chi connectivity index (χ3n) is 6.84. The topological polar surface area (TPSA) is 98.3 Å². The number of piperazine rings is 1. The molecule has 0 bridgehead atoms. The molecule has 1 fully saturated rings. The zero-order chi connectivity index (χ0) is 27.5. The number of nitrogens with one attached hydrogen (secondary N) is 1. The van der Waals surface area contributed by atoms with Gasteiger partial charge in [-0.15, -0.1) is 11.3 Å². The number of methoxy groups -OCH3 is 4. The van der Waals surface area contributed by atoms with E-state index in [1.165, 1.54) is 32.7 Å². The second-order valence-corrected chi connectivity index (χ2v) is 9.95. The number of fused-ring (bicyclic) bond motifs is 1. The van der Waals surface area contributed by atoms with Crippen molar-refractivity contribution in [2.75, 3.05) is 69.7 Å². The molecule has 1 saturated heterocycles. The highest BCUT2D eigenvalue weighted by Gasteiger charge is 2.26. The van der Waals surface area contributed by atoms with Gasteiger partial charge in [0.05, 0.1) is 44.4 Å². The minimum atomic E-state index is -0.239. The fourth-order valence-electron chi connectivity index (χ4n) is 4.90. The quantitative estimate of drug-likeness (QED) is 0.338. The fraction of sp³-hybridized carbons (Fsp3) is 0.321. The van der Waals surface area contributed by atoms with E-state index in [0.717, 1.165) is 59.2 Å². The van der Waals surface area contributed by atoms with Crippen LogP contribution in [0.5, 0.6) is 23.0 Å². The summed E-state index contributed by atoms with van der Waals surface area (Å²) in [5.74, 6) is 2.85. The number of hydrogen-bond donors (Lipinski definition) is 1. The maximum atomic E-state index is 13.4. The van der Waals surface area contributed by atoms with Crippen molar-refractivity contribution in [1.29, 1.82) is 0 Å². The van der Waals surface area contributed by atoms with E-state index in [4.69, 9.17) is 18.9 Å². The number of ether oxygens (including phenoxy) is 4. The summed E-state index contributed by atoms with van der Waals surface area (Å²) in [6.07, 6.45) is 1.57. The van der Waals surface area contributed by atoms with Gasteiger partial charge in [-0.3, -0.25) is 4.79 Å². The zero-order valence-electron chi connectivity index (χ0n) is 22.6. The molecule has 1 N–H and O–H groups in total. The van der Waals surface area contributed by atoms with Crippen molar-refractivity contribution in [3.63, 3.8) is 0 Å². The highest BCUT2D eigenvalue weighted by Crippen LogP contribution is 2.41. The molecule has 1 aliphatic heterocycles. The molecule has 204 valence electrons. The Morgan fingerprint density at radius 1 is 0.872 bits per heavy atom. The molecular weight excluding hydrogens is 518 g/mol. The summed E-state index contributed by atoms with van der Waals surface area (Å²) in [6.45, 7) is 5.16. The number of anilines is 3. The van der Waals surface area contributed by atoms with Crippen LogP contribution >= 0.6 is 11.3 Å². The van der Waals surface area contributed by atoms with Crippen molar-refractivity contribution in [1.82, 2.24) is 9.97 Å². The fourth-order valence-corrected chi connectivity index (χ4v) is 5.94. The molecule has 0 radical (unpaired) electrons. The van der Waals surface area contributed by atoms with Crippen molar-refractivity contribution < 1.29 is 23.7 Å². The van der Waals surface area contributed by atoms with E-state index in [1.807, 2.05) is 25.1 Å². The van der Waals surface area contributed by atoms with Crippen LogP contribution in [-0.4, -0.2) is 70.5 Å². The van der Waals surface area contributed by atoms with E-state index in [9.17, 15) is 4.79 Å². The average molecular weight is 550 g/mol. The van der Waals surface area contributed by atoms with Crippen LogP contribution in [0.4, 0.5) is 17.2 Å². The van der Waals surface area contributed by atoms with Gasteiger partial charge < -0.3 is 34.1 Å². The van der Waals surface area contributed by atoms with E-state index < -0.39 is 0 Å². The molecule has 0 unspecified atom stereocenters. The second-order valence-electron chi connectivity index (χ2n) is 8.95. The molecule has 4 aromatic rings. The second kappa shape index (κ2) is 11.2.